The number of hydrogen-bond acceptors (Lipinski definition) is 3. The molecule has 0 saturated heterocycles. The third-order valence-corrected chi connectivity index (χ3v) is 3.02. The molecule has 0 aliphatic heterocycles. The predicted molar refractivity (Wildman–Crippen MR) is 68.0 cm³/mol. The number of nitrogen functional groups attached to an aromatic ring is 1. The molecule has 1 amide bonds. The molecular weight excluding hydrogens is 248 g/mol. The van der Waals surface area contributed by atoms with Crippen LogP contribution in [0.2, 0.25) is 5.02 Å². The van der Waals surface area contributed by atoms with Gasteiger partial charge in [0.2, 0.25) is 5.91 Å². The van der Waals surface area contributed by atoms with Crippen LogP contribution in [0.25, 0.3) is 0 Å². The van der Waals surface area contributed by atoms with Crippen molar-refractivity contribution in [1.82, 2.24) is 0 Å². The zero-order valence-electron chi connectivity index (χ0n) is 8.83. The summed E-state index contributed by atoms with van der Waals surface area (Å²) in [6.45, 7) is 0. The Balaban J connectivity index is 2.56. The van der Waals surface area contributed by atoms with Crippen molar-refractivity contribution in [2.75, 3.05) is 23.1 Å². The molecule has 1 atom stereocenters. The highest BCUT2D eigenvalue weighted by Crippen LogP contribution is 2.22. The molecule has 16 heavy (non-hydrogen) atoms. The van der Waals surface area contributed by atoms with Crippen molar-refractivity contribution in [2.24, 2.45) is 0 Å². The minimum Gasteiger partial charge on any atom is -0.397 e. The van der Waals surface area contributed by atoms with Gasteiger partial charge < -0.3 is 11.1 Å². The van der Waals surface area contributed by atoms with Gasteiger partial charge in [0.15, 0.2) is 0 Å². The fraction of sp³-hybridized carbons (Fsp3) is 0.300. The van der Waals surface area contributed by atoms with E-state index in [1.54, 1.807) is 24.5 Å². The van der Waals surface area contributed by atoms with Crippen molar-refractivity contribution >= 4 is 39.7 Å². The quantitative estimate of drug-likeness (QED) is 0.809. The number of carbonyl (C=O) groups excluding carboxylic acids is 1. The molecule has 0 saturated carbocycles. The second kappa shape index (κ2) is 5.86. The van der Waals surface area contributed by atoms with Crippen LogP contribution in [0.5, 0.6) is 0 Å². The predicted octanol–water partition coefficient (Wildman–Crippen LogP) is 1.63. The first-order valence-corrected chi connectivity index (χ1v) is 6.74. The Morgan fingerprint density at radius 1 is 1.56 bits per heavy atom. The van der Waals surface area contributed by atoms with Gasteiger partial charge >= 0.3 is 0 Å². The Labute approximate surface area is 102 Å². The summed E-state index contributed by atoms with van der Waals surface area (Å²) in [6, 6.07) is 4.87. The van der Waals surface area contributed by atoms with Crippen molar-refractivity contribution < 1.29 is 9.00 Å². The lowest BCUT2D eigenvalue weighted by Crippen LogP contribution is -2.14. The van der Waals surface area contributed by atoms with E-state index >= 15 is 0 Å². The van der Waals surface area contributed by atoms with E-state index in [4.69, 9.17) is 17.3 Å². The Kier molecular flexibility index (Phi) is 4.76. The molecule has 0 aliphatic carbocycles. The number of amides is 1. The van der Waals surface area contributed by atoms with Gasteiger partial charge in [0.25, 0.3) is 0 Å². The zero-order chi connectivity index (χ0) is 12.1. The SMILES string of the molecule is CS(=O)CCC(=O)Nc1ccc(Cl)c(N)c1. The summed E-state index contributed by atoms with van der Waals surface area (Å²) >= 11 is 5.74. The Hall–Kier alpha value is -1.07. The molecule has 0 spiro atoms. The average Bonchev–Trinajstić information content (AvgIpc) is 2.21. The second-order valence-electron chi connectivity index (χ2n) is 3.31. The summed E-state index contributed by atoms with van der Waals surface area (Å²) in [7, 11) is -0.959. The van der Waals surface area contributed by atoms with E-state index in [1.807, 2.05) is 0 Å². The van der Waals surface area contributed by atoms with Crippen LogP contribution in [-0.4, -0.2) is 22.1 Å². The van der Waals surface area contributed by atoms with Crippen LogP contribution in [0.3, 0.4) is 0 Å². The van der Waals surface area contributed by atoms with Crippen LogP contribution in [0.15, 0.2) is 18.2 Å². The Morgan fingerprint density at radius 2 is 2.25 bits per heavy atom. The molecule has 6 heteroatoms. The maximum atomic E-state index is 11.4. The third kappa shape index (κ3) is 4.20. The van der Waals surface area contributed by atoms with Gasteiger partial charge in [0.05, 0.1) is 10.7 Å². The molecule has 0 heterocycles. The maximum absolute atomic E-state index is 11.4. The molecule has 0 radical (unpaired) electrons. The largest absolute Gasteiger partial charge is 0.397 e. The van der Waals surface area contributed by atoms with Gasteiger partial charge in [-0.3, -0.25) is 9.00 Å². The molecule has 1 rings (SSSR count). The van der Waals surface area contributed by atoms with E-state index in [0.29, 0.717) is 22.2 Å². The number of rotatable bonds is 4. The van der Waals surface area contributed by atoms with E-state index in [9.17, 15) is 9.00 Å². The molecule has 0 fully saturated rings. The molecule has 1 unspecified atom stereocenters. The fourth-order valence-electron chi connectivity index (χ4n) is 1.08. The lowest BCUT2D eigenvalue weighted by atomic mass is 10.2. The molecule has 3 N–H and O–H groups in total. The normalized spacial score (nSPS) is 12.1. The lowest BCUT2D eigenvalue weighted by Gasteiger charge is -2.06. The van der Waals surface area contributed by atoms with Crippen molar-refractivity contribution in [1.29, 1.82) is 0 Å². The first-order valence-electron chi connectivity index (χ1n) is 4.64. The van der Waals surface area contributed by atoms with Crippen LogP contribution >= 0.6 is 11.6 Å². The van der Waals surface area contributed by atoms with Crippen LogP contribution in [-0.2, 0) is 15.6 Å². The van der Waals surface area contributed by atoms with Gasteiger partial charge in [-0.25, -0.2) is 0 Å². The summed E-state index contributed by atoms with van der Waals surface area (Å²) < 4.78 is 10.8. The van der Waals surface area contributed by atoms with Gasteiger partial charge in [0, 0.05) is 34.9 Å². The second-order valence-corrected chi connectivity index (χ2v) is 5.27. The summed E-state index contributed by atoms with van der Waals surface area (Å²) in [4.78, 5) is 11.4. The lowest BCUT2D eigenvalue weighted by molar-refractivity contribution is -0.115. The van der Waals surface area contributed by atoms with Gasteiger partial charge in [-0.15, -0.1) is 0 Å². The summed E-state index contributed by atoms with van der Waals surface area (Å²) in [6.07, 6.45) is 1.79. The molecule has 0 aliphatic rings. The topological polar surface area (TPSA) is 72.2 Å². The fourth-order valence-corrected chi connectivity index (χ4v) is 1.67. The summed E-state index contributed by atoms with van der Waals surface area (Å²) in [5, 5.41) is 3.10. The third-order valence-electron chi connectivity index (χ3n) is 1.90. The maximum Gasteiger partial charge on any atom is 0.225 e. The monoisotopic (exact) mass is 260 g/mol. The van der Waals surface area contributed by atoms with Crippen LogP contribution in [0.1, 0.15) is 6.42 Å². The van der Waals surface area contributed by atoms with Gasteiger partial charge in [-0.1, -0.05) is 11.6 Å². The van der Waals surface area contributed by atoms with E-state index in [1.165, 1.54) is 0 Å². The number of hydrogen-bond donors (Lipinski definition) is 2. The van der Waals surface area contributed by atoms with Crippen molar-refractivity contribution in [3.8, 4) is 0 Å². The van der Waals surface area contributed by atoms with Crippen LogP contribution in [0.4, 0.5) is 11.4 Å². The van der Waals surface area contributed by atoms with Gasteiger partial charge in [-0.2, -0.15) is 0 Å². The van der Waals surface area contributed by atoms with Crippen LogP contribution < -0.4 is 11.1 Å². The number of halogens is 1. The standard InChI is InChI=1S/C10H13ClN2O2S/c1-16(15)5-4-10(14)13-7-2-3-8(11)9(12)6-7/h2-3,6H,4-5,12H2,1H3,(H,13,14). The molecule has 0 bridgehead atoms. The van der Waals surface area contributed by atoms with Crippen molar-refractivity contribution in [3.05, 3.63) is 23.2 Å². The number of nitrogens with one attached hydrogen (secondary N) is 1. The highest BCUT2D eigenvalue weighted by molar-refractivity contribution is 7.84. The zero-order valence-corrected chi connectivity index (χ0v) is 10.4. The van der Waals surface area contributed by atoms with Crippen LogP contribution in [0, 0.1) is 0 Å². The minimum absolute atomic E-state index is 0.183. The van der Waals surface area contributed by atoms with E-state index in [-0.39, 0.29) is 12.3 Å². The van der Waals surface area contributed by atoms with Crippen molar-refractivity contribution in [3.63, 3.8) is 0 Å². The summed E-state index contributed by atoms with van der Waals surface area (Å²) in [5.41, 5.74) is 6.59. The minimum atomic E-state index is -0.959. The number of carbonyl (C=O) groups is 1. The highest BCUT2D eigenvalue weighted by Gasteiger charge is 2.04. The molecule has 4 nitrogen and oxygen atoms in total. The highest BCUT2D eigenvalue weighted by atomic mass is 35.5. The van der Waals surface area contributed by atoms with Crippen molar-refractivity contribution in [2.45, 2.75) is 6.42 Å². The van der Waals surface area contributed by atoms with Gasteiger partial charge in [-0.05, 0) is 18.2 Å². The average molecular weight is 261 g/mol. The number of benzene rings is 1. The van der Waals surface area contributed by atoms with E-state index < -0.39 is 10.8 Å². The molecule has 0 aromatic heterocycles. The Bertz CT molecular complexity index is 423. The smallest absolute Gasteiger partial charge is 0.225 e. The molecular formula is C10H13ClN2O2S. The number of nitrogens with two attached hydrogens (primary N) is 1. The van der Waals surface area contributed by atoms with E-state index in [2.05, 4.69) is 5.32 Å². The molecule has 88 valence electrons. The molecule has 1 aromatic carbocycles. The van der Waals surface area contributed by atoms with Gasteiger partial charge in [0.1, 0.15) is 0 Å². The van der Waals surface area contributed by atoms with E-state index in [0.717, 1.165) is 0 Å². The molecule has 1 aromatic rings. The first kappa shape index (κ1) is 13.0. The first-order chi connectivity index (χ1) is 7.49. The number of anilines is 2. The Morgan fingerprint density at radius 3 is 2.81 bits per heavy atom. The summed E-state index contributed by atoms with van der Waals surface area (Å²) in [5.74, 6) is 0.173.